The number of ether oxygens (including phenoxy) is 1. The molecule has 1 aromatic carbocycles. The van der Waals surface area contributed by atoms with Crippen molar-refractivity contribution in [1.82, 2.24) is 4.90 Å². The quantitative estimate of drug-likeness (QED) is 0.793. The SMILES string of the molecule is CCC(O)(CC)CN(C)C(C)Cc1ccccc1OC. The van der Waals surface area contributed by atoms with Crippen molar-refractivity contribution in [2.75, 3.05) is 20.7 Å². The Bertz CT molecular complexity index is 402. The van der Waals surface area contributed by atoms with E-state index in [0.29, 0.717) is 12.6 Å². The smallest absolute Gasteiger partial charge is 0.122 e. The van der Waals surface area contributed by atoms with Gasteiger partial charge in [-0.2, -0.15) is 0 Å². The Kier molecular flexibility index (Phi) is 6.50. The Morgan fingerprint density at radius 1 is 1.25 bits per heavy atom. The van der Waals surface area contributed by atoms with Crippen LogP contribution in [0.15, 0.2) is 24.3 Å². The van der Waals surface area contributed by atoms with Crippen molar-refractivity contribution < 1.29 is 9.84 Å². The van der Waals surface area contributed by atoms with Gasteiger partial charge < -0.3 is 14.7 Å². The van der Waals surface area contributed by atoms with Crippen LogP contribution in [-0.4, -0.2) is 42.4 Å². The van der Waals surface area contributed by atoms with Crippen LogP contribution >= 0.6 is 0 Å². The molecule has 3 heteroatoms. The molecule has 0 bridgehead atoms. The third-order valence-electron chi connectivity index (χ3n) is 4.32. The van der Waals surface area contributed by atoms with E-state index in [9.17, 15) is 5.11 Å². The summed E-state index contributed by atoms with van der Waals surface area (Å²) in [7, 11) is 3.79. The van der Waals surface area contributed by atoms with Crippen LogP contribution in [0.4, 0.5) is 0 Å². The van der Waals surface area contributed by atoms with Gasteiger partial charge in [-0.1, -0.05) is 32.0 Å². The second-order valence-electron chi connectivity index (χ2n) is 5.71. The van der Waals surface area contributed by atoms with Crippen LogP contribution in [0.3, 0.4) is 0 Å². The van der Waals surface area contributed by atoms with Crippen LogP contribution in [0.2, 0.25) is 0 Å². The van der Waals surface area contributed by atoms with Gasteiger partial charge in [0.05, 0.1) is 12.7 Å². The minimum absolute atomic E-state index is 0.357. The molecule has 1 unspecified atom stereocenters. The molecule has 0 heterocycles. The van der Waals surface area contributed by atoms with Crippen molar-refractivity contribution in [3.05, 3.63) is 29.8 Å². The maximum atomic E-state index is 10.4. The average molecular weight is 279 g/mol. The molecule has 0 fully saturated rings. The Hall–Kier alpha value is -1.06. The van der Waals surface area contributed by atoms with E-state index in [1.54, 1.807) is 7.11 Å². The number of rotatable bonds is 8. The molecule has 0 aliphatic carbocycles. The molecule has 1 atom stereocenters. The molecule has 0 spiro atoms. The molecule has 1 aromatic rings. The normalized spacial score (nSPS) is 13.6. The second-order valence-corrected chi connectivity index (χ2v) is 5.71. The van der Waals surface area contributed by atoms with Crippen molar-refractivity contribution in [3.8, 4) is 5.75 Å². The molecule has 0 amide bonds. The summed E-state index contributed by atoms with van der Waals surface area (Å²) in [6.07, 6.45) is 2.49. The fourth-order valence-electron chi connectivity index (χ4n) is 2.44. The topological polar surface area (TPSA) is 32.7 Å². The molecule has 1 N–H and O–H groups in total. The predicted octanol–water partition coefficient (Wildman–Crippen LogP) is 3.11. The first kappa shape index (κ1) is 17.0. The number of aliphatic hydroxyl groups is 1. The third kappa shape index (κ3) is 4.50. The van der Waals surface area contributed by atoms with Crippen LogP contribution in [0.25, 0.3) is 0 Å². The summed E-state index contributed by atoms with van der Waals surface area (Å²) >= 11 is 0. The van der Waals surface area contributed by atoms with Crippen LogP contribution in [-0.2, 0) is 6.42 Å². The molecule has 20 heavy (non-hydrogen) atoms. The lowest BCUT2D eigenvalue weighted by Gasteiger charge is -2.34. The first-order valence-electron chi connectivity index (χ1n) is 7.50. The molecule has 0 radical (unpaired) electrons. The lowest BCUT2D eigenvalue weighted by atomic mass is 9.95. The summed E-state index contributed by atoms with van der Waals surface area (Å²) < 4.78 is 5.40. The molecular formula is C17H29NO2. The Morgan fingerprint density at radius 2 is 1.85 bits per heavy atom. The Morgan fingerprint density at radius 3 is 2.40 bits per heavy atom. The number of nitrogens with zero attached hydrogens (tertiary/aromatic N) is 1. The molecule has 114 valence electrons. The summed E-state index contributed by atoms with van der Waals surface area (Å²) in [5.74, 6) is 0.939. The zero-order valence-electron chi connectivity index (χ0n) is 13.5. The second kappa shape index (κ2) is 7.65. The van der Waals surface area contributed by atoms with Gasteiger partial charge in [-0.05, 0) is 44.9 Å². The summed E-state index contributed by atoms with van der Waals surface area (Å²) in [5.41, 5.74) is 0.634. The molecule has 0 aliphatic heterocycles. The third-order valence-corrected chi connectivity index (χ3v) is 4.32. The van der Waals surface area contributed by atoms with Crippen molar-refractivity contribution in [1.29, 1.82) is 0 Å². The number of para-hydroxylation sites is 1. The number of methoxy groups -OCH3 is 1. The van der Waals surface area contributed by atoms with E-state index in [1.807, 2.05) is 32.0 Å². The predicted molar refractivity (Wildman–Crippen MR) is 84.3 cm³/mol. The lowest BCUT2D eigenvalue weighted by molar-refractivity contribution is -0.00532. The van der Waals surface area contributed by atoms with E-state index in [1.165, 1.54) is 5.56 Å². The highest BCUT2D eigenvalue weighted by Crippen LogP contribution is 2.22. The monoisotopic (exact) mass is 279 g/mol. The molecule has 0 aromatic heterocycles. The molecule has 0 saturated carbocycles. The van der Waals surface area contributed by atoms with Crippen molar-refractivity contribution in [3.63, 3.8) is 0 Å². The van der Waals surface area contributed by atoms with E-state index in [4.69, 9.17) is 4.74 Å². The highest BCUT2D eigenvalue weighted by Gasteiger charge is 2.26. The lowest BCUT2D eigenvalue weighted by Crippen LogP contribution is -2.44. The largest absolute Gasteiger partial charge is 0.496 e. The first-order chi connectivity index (χ1) is 9.45. The minimum atomic E-state index is -0.580. The van der Waals surface area contributed by atoms with Gasteiger partial charge in [-0.15, -0.1) is 0 Å². The van der Waals surface area contributed by atoms with Crippen LogP contribution in [0.5, 0.6) is 5.75 Å². The zero-order valence-corrected chi connectivity index (χ0v) is 13.5. The standard InChI is InChI=1S/C17H29NO2/c1-6-17(19,7-2)13-18(4)14(3)12-15-10-8-9-11-16(15)20-5/h8-11,14,19H,6-7,12-13H2,1-5H3. The van der Waals surface area contributed by atoms with Gasteiger partial charge in [0.25, 0.3) is 0 Å². The molecule has 3 nitrogen and oxygen atoms in total. The van der Waals surface area contributed by atoms with E-state index in [0.717, 1.165) is 25.0 Å². The van der Waals surface area contributed by atoms with E-state index in [-0.39, 0.29) is 0 Å². The van der Waals surface area contributed by atoms with Gasteiger partial charge >= 0.3 is 0 Å². The average Bonchev–Trinajstić information content (AvgIpc) is 2.47. The van der Waals surface area contributed by atoms with Gasteiger partial charge in [0.15, 0.2) is 0 Å². The fourth-order valence-corrected chi connectivity index (χ4v) is 2.44. The minimum Gasteiger partial charge on any atom is -0.496 e. The maximum Gasteiger partial charge on any atom is 0.122 e. The fraction of sp³-hybridized carbons (Fsp3) is 0.647. The van der Waals surface area contributed by atoms with E-state index >= 15 is 0 Å². The van der Waals surface area contributed by atoms with Crippen molar-refractivity contribution in [2.45, 2.75) is 51.7 Å². The molecule has 1 rings (SSSR count). The van der Waals surface area contributed by atoms with E-state index < -0.39 is 5.60 Å². The van der Waals surface area contributed by atoms with Crippen molar-refractivity contribution >= 4 is 0 Å². The van der Waals surface area contributed by atoms with Crippen LogP contribution < -0.4 is 4.74 Å². The van der Waals surface area contributed by atoms with Crippen molar-refractivity contribution in [2.24, 2.45) is 0 Å². The van der Waals surface area contributed by atoms with E-state index in [2.05, 4.69) is 24.9 Å². The zero-order chi connectivity index (χ0) is 15.2. The van der Waals surface area contributed by atoms with Crippen LogP contribution in [0, 0.1) is 0 Å². The number of hydrogen-bond donors (Lipinski definition) is 1. The molecular weight excluding hydrogens is 250 g/mol. The van der Waals surface area contributed by atoms with Gasteiger partial charge in [0.2, 0.25) is 0 Å². The number of hydrogen-bond acceptors (Lipinski definition) is 3. The maximum absolute atomic E-state index is 10.4. The number of likely N-dealkylation sites (N-methyl/N-ethyl adjacent to an activating group) is 1. The first-order valence-corrected chi connectivity index (χ1v) is 7.50. The van der Waals surface area contributed by atoms with Crippen LogP contribution in [0.1, 0.15) is 39.2 Å². The molecule has 0 aliphatic rings. The Labute approximate surface area is 123 Å². The van der Waals surface area contributed by atoms with Gasteiger partial charge in [-0.3, -0.25) is 0 Å². The van der Waals surface area contributed by atoms with Gasteiger partial charge in [0.1, 0.15) is 5.75 Å². The van der Waals surface area contributed by atoms with Gasteiger partial charge in [0, 0.05) is 12.6 Å². The molecule has 0 saturated heterocycles. The highest BCUT2D eigenvalue weighted by molar-refractivity contribution is 5.33. The summed E-state index contributed by atoms with van der Waals surface area (Å²) in [6.45, 7) is 6.99. The Balaban J connectivity index is 2.68. The summed E-state index contributed by atoms with van der Waals surface area (Å²) in [4.78, 5) is 2.24. The van der Waals surface area contributed by atoms with Gasteiger partial charge in [-0.25, -0.2) is 0 Å². The number of benzene rings is 1. The highest BCUT2D eigenvalue weighted by atomic mass is 16.5. The summed E-state index contributed by atoms with van der Waals surface area (Å²) in [5, 5.41) is 10.4. The summed E-state index contributed by atoms with van der Waals surface area (Å²) in [6, 6.07) is 8.49.